The van der Waals surface area contributed by atoms with Crippen molar-refractivity contribution in [1.82, 2.24) is 19.3 Å². The van der Waals surface area contributed by atoms with Gasteiger partial charge in [0.05, 0.1) is 30.0 Å². The minimum atomic E-state index is 0.272. The van der Waals surface area contributed by atoms with Crippen LogP contribution in [-0.4, -0.2) is 32.9 Å². The maximum Gasteiger partial charge on any atom is 0.0951 e. The fourth-order valence-electron chi connectivity index (χ4n) is 4.19. The summed E-state index contributed by atoms with van der Waals surface area (Å²) < 4.78 is 4.40. The van der Waals surface area contributed by atoms with Crippen molar-refractivity contribution < 1.29 is 0 Å². The zero-order valence-electron chi connectivity index (χ0n) is 17.0. The van der Waals surface area contributed by atoms with Crippen molar-refractivity contribution in [3.63, 3.8) is 0 Å². The number of nitrogens with zero attached hydrogens (tertiary/aromatic N) is 5. The van der Waals surface area contributed by atoms with Crippen molar-refractivity contribution >= 4 is 5.69 Å². The molecule has 27 heavy (non-hydrogen) atoms. The standard InChI is InChI=1S/C22H29N5/c1-15(27-18(4)16(2)17(3)24-27)13-26-14-23-12-22(26)20-8-9-21-19(11-20)7-6-10-25(21)5/h8-9,11-12,14-15H,6-7,10,13H2,1-5H3. The Morgan fingerprint density at radius 1 is 1.19 bits per heavy atom. The maximum atomic E-state index is 4.74. The Hall–Kier alpha value is -2.56. The monoisotopic (exact) mass is 363 g/mol. The number of fused-ring (bicyclic) bond motifs is 1. The Balaban J connectivity index is 1.62. The molecule has 1 aliphatic rings. The van der Waals surface area contributed by atoms with E-state index in [2.05, 4.69) is 72.1 Å². The largest absolute Gasteiger partial charge is 0.374 e. The molecule has 0 saturated carbocycles. The third-order valence-corrected chi connectivity index (χ3v) is 6.00. The van der Waals surface area contributed by atoms with E-state index < -0.39 is 0 Å². The first-order chi connectivity index (χ1) is 13.0. The Morgan fingerprint density at radius 3 is 2.74 bits per heavy atom. The van der Waals surface area contributed by atoms with Gasteiger partial charge in [0.15, 0.2) is 0 Å². The molecule has 1 unspecified atom stereocenters. The van der Waals surface area contributed by atoms with E-state index in [1.807, 2.05) is 12.5 Å². The zero-order chi connectivity index (χ0) is 19.1. The molecule has 0 N–H and O–H groups in total. The van der Waals surface area contributed by atoms with E-state index in [9.17, 15) is 0 Å². The number of benzene rings is 1. The second kappa shape index (κ2) is 6.87. The van der Waals surface area contributed by atoms with Gasteiger partial charge in [0.25, 0.3) is 0 Å². The lowest BCUT2D eigenvalue weighted by Crippen LogP contribution is -2.24. The normalized spacial score (nSPS) is 15.1. The number of rotatable bonds is 4. The van der Waals surface area contributed by atoms with Gasteiger partial charge in [0.1, 0.15) is 0 Å². The van der Waals surface area contributed by atoms with Gasteiger partial charge in [0, 0.05) is 37.1 Å². The third kappa shape index (κ3) is 3.15. The topological polar surface area (TPSA) is 38.9 Å². The summed E-state index contributed by atoms with van der Waals surface area (Å²) >= 11 is 0. The highest BCUT2D eigenvalue weighted by Gasteiger charge is 2.18. The molecule has 0 bridgehead atoms. The van der Waals surface area contributed by atoms with Crippen LogP contribution in [0.15, 0.2) is 30.7 Å². The van der Waals surface area contributed by atoms with Crippen LogP contribution in [-0.2, 0) is 13.0 Å². The number of aryl methyl sites for hydroxylation is 2. The Labute approximate surface area is 161 Å². The van der Waals surface area contributed by atoms with Crippen molar-refractivity contribution in [2.45, 2.75) is 53.1 Å². The summed E-state index contributed by atoms with van der Waals surface area (Å²) in [4.78, 5) is 6.79. The van der Waals surface area contributed by atoms with Crippen molar-refractivity contribution in [2.24, 2.45) is 0 Å². The zero-order valence-corrected chi connectivity index (χ0v) is 17.0. The van der Waals surface area contributed by atoms with Crippen molar-refractivity contribution in [1.29, 1.82) is 0 Å². The van der Waals surface area contributed by atoms with E-state index in [1.54, 1.807) is 0 Å². The minimum Gasteiger partial charge on any atom is -0.374 e. The van der Waals surface area contributed by atoms with Crippen molar-refractivity contribution in [3.05, 3.63) is 53.2 Å². The Morgan fingerprint density at radius 2 is 2.00 bits per heavy atom. The molecule has 0 radical (unpaired) electrons. The highest BCUT2D eigenvalue weighted by atomic mass is 15.3. The van der Waals surface area contributed by atoms with Crippen molar-refractivity contribution in [2.75, 3.05) is 18.5 Å². The van der Waals surface area contributed by atoms with E-state index in [0.717, 1.165) is 25.2 Å². The van der Waals surface area contributed by atoms with E-state index in [1.165, 1.54) is 40.2 Å². The van der Waals surface area contributed by atoms with Gasteiger partial charge in [-0.3, -0.25) is 4.68 Å². The Bertz CT molecular complexity index is 965. The molecule has 0 saturated heterocycles. The first-order valence-electron chi connectivity index (χ1n) is 9.82. The van der Waals surface area contributed by atoms with Gasteiger partial charge >= 0.3 is 0 Å². The first-order valence-corrected chi connectivity index (χ1v) is 9.82. The number of aromatic nitrogens is 4. The van der Waals surface area contributed by atoms with Gasteiger partial charge in [-0.15, -0.1) is 0 Å². The highest BCUT2D eigenvalue weighted by molar-refractivity contribution is 5.67. The van der Waals surface area contributed by atoms with Crippen LogP contribution >= 0.6 is 0 Å². The van der Waals surface area contributed by atoms with Crippen LogP contribution in [0.1, 0.15) is 41.9 Å². The van der Waals surface area contributed by atoms with Crippen LogP contribution in [0, 0.1) is 20.8 Å². The van der Waals surface area contributed by atoms with Gasteiger partial charge < -0.3 is 9.47 Å². The second-order valence-corrected chi connectivity index (χ2v) is 7.89. The fraction of sp³-hybridized carbons (Fsp3) is 0.455. The molecular weight excluding hydrogens is 334 g/mol. The summed E-state index contributed by atoms with van der Waals surface area (Å²) in [7, 11) is 2.18. The first kappa shape index (κ1) is 17.8. The van der Waals surface area contributed by atoms with Crippen LogP contribution in [0.4, 0.5) is 5.69 Å². The van der Waals surface area contributed by atoms with E-state index >= 15 is 0 Å². The quantitative estimate of drug-likeness (QED) is 0.693. The fourth-order valence-corrected chi connectivity index (χ4v) is 4.19. The molecule has 142 valence electrons. The van der Waals surface area contributed by atoms with Crippen LogP contribution in [0.25, 0.3) is 11.3 Å². The molecule has 1 aromatic carbocycles. The molecule has 1 aliphatic heterocycles. The predicted octanol–water partition coefficient (Wildman–Crippen LogP) is 4.32. The third-order valence-electron chi connectivity index (χ3n) is 6.00. The molecule has 0 amide bonds. The molecule has 2 aromatic heterocycles. The molecular formula is C22H29N5. The summed E-state index contributed by atoms with van der Waals surface area (Å²) in [5.41, 5.74) is 8.88. The second-order valence-electron chi connectivity index (χ2n) is 7.89. The average molecular weight is 364 g/mol. The van der Waals surface area contributed by atoms with Crippen molar-refractivity contribution in [3.8, 4) is 11.3 Å². The summed E-state index contributed by atoms with van der Waals surface area (Å²) in [5, 5.41) is 4.74. The maximum absolute atomic E-state index is 4.74. The minimum absolute atomic E-state index is 0.272. The van der Waals surface area contributed by atoms with E-state index in [4.69, 9.17) is 5.10 Å². The van der Waals surface area contributed by atoms with E-state index in [-0.39, 0.29) is 6.04 Å². The van der Waals surface area contributed by atoms with Crippen LogP contribution in [0.3, 0.4) is 0 Å². The van der Waals surface area contributed by atoms with Gasteiger partial charge in [-0.2, -0.15) is 5.10 Å². The summed E-state index contributed by atoms with van der Waals surface area (Å²) in [6, 6.07) is 7.10. The van der Waals surface area contributed by atoms with Crippen LogP contribution in [0.2, 0.25) is 0 Å². The molecule has 3 heterocycles. The number of hydrogen-bond donors (Lipinski definition) is 0. The molecule has 1 atom stereocenters. The van der Waals surface area contributed by atoms with Gasteiger partial charge in [-0.1, -0.05) is 6.07 Å². The average Bonchev–Trinajstić information content (AvgIpc) is 3.21. The Kier molecular flexibility index (Phi) is 4.54. The predicted molar refractivity (Wildman–Crippen MR) is 110 cm³/mol. The van der Waals surface area contributed by atoms with E-state index in [0.29, 0.717) is 0 Å². The van der Waals surface area contributed by atoms with Gasteiger partial charge in [-0.05, 0) is 63.8 Å². The lowest BCUT2D eigenvalue weighted by Gasteiger charge is -2.28. The van der Waals surface area contributed by atoms with Gasteiger partial charge in [-0.25, -0.2) is 4.98 Å². The molecule has 3 aromatic rings. The molecule has 5 heteroatoms. The number of anilines is 1. The molecule has 5 nitrogen and oxygen atoms in total. The SMILES string of the molecule is Cc1nn(C(C)Cn2cncc2-c2ccc3c(c2)CCCN3C)c(C)c1C. The highest BCUT2D eigenvalue weighted by Crippen LogP contribution is 2.31. The number of hydrogen-bond acceptors (Lipinski definition) is 3. The lowest BCUT2D eigenvalue weighted by atomic mass is 9.98. The smallest absolute Gasteiger partial charge is 0.0951 e. The summed E-state index contributed by atoms with van der Waals surface area (Å²) in [6.07, 6.45) is 6.30. The lowest BCUT2D eigenvalue weighted by molar-refractivity contribution is 0.418. The molecule has 0 aliphatic carbocycles. The van der Waals surface area contributed by atoms with Crippen LogP contribution < -0.4 is 4.90 Å². The summed E-state index contributed by atoms with van der Waals surface area (Å²) in [6.45, 7) is 10.6. The van der Waals surface area contributed by atoms with Crippen LogP contribution in [0.5, 0.6) is 0 Å². The molecule has 4 rings (SSSR count). The molecule has 0 spiro atoms. The number of imidazole rings is 1. The van der Waals surface area contributed by atoms with Gasteiger partial charge in [0.2, 0.25) is 0 Å². The molecule has 0 fully saturated rings. The summed E-state index contributed by atoms with van der Waals surface area (Å²) in [5.74, 6) is 0.